The van der Waals surface area contributed by atoms with Gasteiger partial charge < -0.3 is 4.74 Å². The quantitative estimate of drug-likeness (QED) is 0.853. The van der Waals surface area contributed by atoms with Gasteiger partial charge in [0.25, 0.3) is 0 Å². The molecule has 2 unspecified atom stereocenters. The van der Waals surface area contributed by atoms with Crippen LogP contribution in [0, 0.1) is 5.92 Å². The Kier molecular flexibility index (Phi) is 3.14. The van der Waals surface area contributed by atoms with Gasteiger partial charge in [-0.15, -0.1) is 11.3 Å². The molecule has 4 heteroatoms. The van der Waals surface area contributed by atoms with Gasteiger partial charge in [-0.2, -0.15) is 0 Å². The summed E-state index contributed by atoms with van der Waals surface area (Å²) in [7, 11) is 0. The highest BCUT2D eigenvalue weighted by Crippen LogP contribution is 2.25. The van der Waals surface area contributed by atoms with Gasteiger partial charge in [0.15, 0.2) is 5.78 Å². The Morgan fingerprint density at radius 1 is 1.50 bits per heavy atom. The molecule has 0 saturated carbocycles. The number of fused-ring (bicyclic) bond motifs is 1. The number of ketones is 1. The lowest BCUT2D eigenvalue weighted by Gasteiger charge is -2.11. The molecule has 0 N–H and O–H groups in total. The second-order valence-electron chi connectivity index (χ2n) is 4.78. The average molecular weight is 261 g/mol. The van der Waals surface area contributed by atoms with Gasteiger partial charge in [0.2, 0.25) is 0 Å². The zero-order chi connectivity index (χ0) is 12.5. The minimum atomic E-state index is -0.225. The third kappa shape index (κ3) is 2.18. The summed E-state index contributed by atoms with van der Waals surface area (Å²) in [6.07, 6.45) is 1.15. The lowest BCUT2D eigenvalue weighted by atomic mass is 9.99. The van der Waals surface area contributed by atoms with Crippen LogP contribution in [0.15, 0.2) is 24.3 Å². The summed E-state index contributed by atoms with van der Waals surface area (Å²) in [6.45, 7) is 2.78. The van der Waals surface area contributed by atoms with E-state index in [0.29, 0.717) is 18.9 Å². The monoisotopic (exact) mass is 261 g/mol. The summed E-state index contributed by atoms with van der Waals surface area (Å²) < 4.78 is 6.64. The van der Waals surface area contributed by atoms with Crippen LogP contribution in [0.5, 0.6) is 0 Å². The van der Waals surface area contributed by atoms with Crippen LogP contribution in [-0.2, 0) is 16.0 Å². The standard InChI is InChI=1S/C14H15NO2S/c1-9-6-7-17-14(9)11(16)8-13-15-10-4-2-3-5-12(10)18-13/h2-5,9,14H,6-8H2,1H3. The Labute approximate surface area is 110 Å². The zero-order valence-electron chi connectivity index (χ0n) is 10.3. The smallest absolute Gasteiger partial charge is 0.168 e. The number of hydrogen-bond acceptors (Lipinski definition) is 4. The molecule has 3 rings (SSSR count). The molecule has 3 nitrogen and oxygen atoms in total. The first-order valence-electron chi connectivity index (χ1n) is 6.23. The highest BCUT2D eigenvalue weighted by molar-refractivity contribution is 7.18. The van der Waals surface area contributed by atoms with Crippen LogP contribution < -0.4 is 0 Å². The highest BCUT2D eigenvalue weighted by Gasteiger charge is 2.30. The molecule has 1 fully saturated rings. The van der Waals surface area contributed by atoms with Crippen molar-refractivity contribution in [3.63, 3.8) is 0 Å². The molecule has 0 aliphatic carbocycles. The molecule has 0 bridgehead atoms. The molecule has 94 valence electrons. The van der Waals surface area contributed by atoms with Gasteiger partial charge >= 0.3 is 0 Å². The Bertz CT molecular complexity index is 545. The third-order valence-corrected chi connectivity index (χ3v) is 4.40. The van der Waals surface area contributed by atoms with Crippen LogP contribution in [0.1, 0.15) is 18.4 Å². The van der Waals surface area contributed by atoms with Crippen LogP contribution in [0.2, 0.25) is 0 Å². The number of carbonyl (C=O) groups is 1. The summed E-state index contributed by atoms with van der Waals surface area (Å²) in [5.74, 6) is 0.505. The van der Waals surface area contributed by atoms with Crippen molar-refractivity contribution in [2.75, 3.05) is 6.61 Å². The van der Waals surface area contributed by atoms with E-state index in [0.717, 1.165) is 21.6 Å². The first kappa shape index (κ1) is 11.8. The van der Waals surface area contributed by atoms with Crippen molar-refractivity contribution >= 4 is 27.3 Å². The van der Waals surface area contributed by atoms with Crippen molar-refractivity contribution < 1.29 is 9.53 Å². The molecule has 2 heterocycles. The van der Waals surface area contributed by atoms with Crippen LogP contribution in [0.4, 0.5) is 0 Å². The molecule has 18 heavy (non-hydrogen) atoms. The fourth-order valence-corrected chi connectivity index (χ4v) is 3.33. The largest absolute Gasteiger partial charge is 0.370 e. The number of thiazole rings is 1. The van der Waals surface area contributed by atoms with E-state index in [-0.39, 0.29) is 11.9 Å². The van der Waals surface area contributed by atoms with Crippen molar-refractivity contribution in [3.05, 3.63) is 29.3 Å². The van der Waals surface area contributed by atoms with Crippen LogP contribution in [-0.4, -0.2) is 23.5 Å². The summed E-state index contributed by atoms with van der Waals surface area (Å²) in [6, 6.07) is 7.98. The SMILES string of the molecule is CC1CCOC1C(=O)Cc1nc2ccccc2s1. The maximum absolute atomic E-state index is 12.1. The lowest BCUT2D eigenvalue weighted by Crippen LogP contribution is -2.26. The molecule has 1 aromatic heterocycles. The maximum atomic E-state index is 12.1. The zero-order valence-corrected chi connectivity index (χ0v) is 11.1. The average Bonchev–Trinajstić information content (AvgIpc) is 2.94. The number of Topliss-reactive ketones (excluding diaryl/α,β-unsaturated/α-hetero) is 1. The minimum absolute atomic E-state index is 0.166. The molecular formula is C14H15NO2S. The maximum Gasteiger partial charge on any atom is 0.168 e. The van der Waals surface area contributed by atoms with Crippen molar-refractivity contribution in [1.82, 2.24) is 4.98 Å². The lowest BCUT2D eigenvalue weighted by molar-refractivity contribution is -0.128. The number of carbonyl (C=O) groups excluding carboxylic acids is 1. The Morgan fingerprint density at radius 2 is 2.33 bits per heavy atom. The molecule has 2 aromatic rings. The van der Waals surface area contributed by atoms with Gasteiger partial charge in [0.1, 0.15) is 11.1 Å². The molecule has 1 aromatic carbocycles. The normalized spacial score (nSPS) is 23.6. The van der Waals surface area contributed by atoms with Crippen LogP contribution >= 0.6 is 11.3 Å². The molecule has 1 saturated heterocycles. The van der Waals surface area contributed by atoms with E-state index in [1.807, 2.05) is 24.3 Å². The molecule has 2 atom stereocenters. The van der Waals surface area contributed by atoms with Crippen LogP contribution in [0.25, 0.3) is 10.2 Å². The molecular weight excluding hydrogens is 246 g/mol. The highest BCUT2D eigenvalue weighted by atomic mass is 32.1. The van der Waals surface area contributed by atoms with Crippen LogP contribution in [0.3, 0.4) is 0 Å². The Morgan fingerprint density at radius 3 is 3.06 bits per heavy atom. The second kappa shape index (κ2) is 4.78. The van der Waals surface area contributed by atoms with Crippen molar-refractivity contribution in [2.24, 2.45) is 5.92 Å². The van der Waals surface area contributed by atoms with Gasteiger partial charge in [0.05, 0.1) is 16.6 Å². The van der Waals surface area contributed by atoms with Gasteiger partial charge in [-0.25, -0.2) is 4.98 Å². The fourth-order valence-electron chi connectivity index (χ4n) is 2.35. The number of benzene rings is 1. The van der Waals surface area contributed by atoms with Gasteiger partial charge in [-0.3, -0.25) is 4.79 Å². The van der Waals surface area contributed by atoms with Crippen molar-refractivity contribution in [2.45, 2.75) is 25.9 Å². The van der Waals surface area contributed by atoms with E-state index in [9.17, 15) is 4.79 Å². The second-order valence-corrected chi connectivity index (χ2v) is 5.89. The Balaban J connectivity index is 1.77. The number of nitrogens with zero attached hydrogens (tertiary/aromatic N) is 1. The summed E-state index contributed by atoms with van der Waals surface area (Å²) in [5.41, 5.74) is 0.977. The molecule has 0 radical (unpaired) electrons. The minimum Gasteiger partial charge on any atom is -0.370 e. The van der Waals surface area contributed by atoms with E-state index in [1.165, 1.54) is 0 Å². The molecule has 0 spiro atoms. The fraction of sp³-hybridized carbons (Fsp3) is 0.429. The molecule has 0 amide bonds. The first-order chi connectivity index (χ1) is 8.74. The van der Waals surface area contributed by atoms with E-state index in [2.05, 4.69) is 11.9 Å². The van der Waals surface area contributed by atoms with Gasteiger partial charge in [0, 0.05) is 6.61 Å². The summed E-state index contributed by atoms with van der Waals surface area (Å²) >= 11 is 1.60. The predicted molar refractivity (Wildman–Crippen MR) is 71.9 cm³/mol. The van der Waals surface area contributed by atoms with Crippen molar-refractivity contribution in [1.29, 1.82) is 0 Å². The third-order valence-electron chi connectivity index (χ3n) is 3.37. The van der Waals surface area contributed by atoms with E-state index < -0.39 is 0 Å². The number of para-hydroxylation sites is 1. The van der Waals surface area contributed by atoms with E-state index in [4.69, 9.17) is 4.74 Å². The number of aromatic nitrogens is 1. The summed E-state index contributed by atoms with van der Waals surface area (Å²) in [5, 5.41) is 0.893. The number of hydrogen-bond donors (Lipinski definition) is 0. The topological polar surface area (TPSA) is 39.2 Å². The number of ether oxygens (including phenoxy) is 1. The number of rotatable bonds is 3. The van der Waals surface area contributed by atoms with Gasteiger partial charge in [-0.05, 0) is 24.5 Å². The molecule has 1 aliphatic heterocycles. The van der Waals surface area contributed by atoms with E-state index >= 15 is 0 Å². The van der Waals surface area contributed by atoms with Gasteiger partial charge in [-0.1, -0.05) is 19.1 Å². The van der Waals surface area contributed by atoms with E-state index in [1.54, 1.807) is 11.3 Å². The predicted octanol–water partition coefficient (Wildman–Crippen LogP) is 2.83. The Hall–Kier alpha value is -1.26. The van der Waals surface area contributed by atoms with Crippen molar-refractivity contribution in [3.8, 4) is 0 Å². The summed E-state index contributed by atoms with van der Waals surface area (Å²) in [4.78, 5) is 16.6. The first-order valence-corrected chi connectivity index (χ1v) is 7.04. The molecule has 1 aliphatic rings.